The molecule has 15 heteroatoms. The van der Waals surface area contributed by atoms with Gasteiger partial charge in [0.2, 0.25) is 0 Å². The number of hydrogen-bond acceptors (Lipinski definition) is 14. The van der Waals surface area contributed by atoms with Crippen molar-refractivity contribution in [1.29, 1.82) is 0 Å². The number of hydrogen-bond donors (Lipinski definition) is 3. The van der Waals surface area contributed by atoms with Gasteiger partial charge in [0.1, 0.15) is 30.0 Å². The molecule has 2 saturated carbocycles. The fourth-order valence-electron chi connectivity index (χ4n) is 11.2. The Kier molecular flexibility index (Phi) is 12.2. The summed E-state index contributed by atoms with van der Waals surface area (Å²) in [5, 5.41) is 28.7. The molecule has 0 spiro atoms. The summed E-state index contributed by atoms with van der Waals surface area (Å²) < 4.78 is 45.0. The molecule has 5 aliphatic rings. The number of carbonyl (C=O) groups excluding carboxylic acids is 5. The number of nitrogens with one attached hydrogen (secondary N) is 1. The largest absolute Gasteiger partial charge is 0.456 e. The van der Waals surface area contributed by atoms with E-state index in [9.17, 15) is 34.2 Å². The van der Waals surface area contributed by atoms with Crippen LogP contribution < -0.4 is 5.32 Å². The van der Waals surface area contributed by atoms with Crippen LogP contribution in [0.1, 0.15) is 86.7 Å². The average Bonchev–Trinajstić information content (AvgIpc) is 3.27. The number of rotatable bonds is 11. The number of aliphatic hydroxyl groups is 2. The van der Waals surface area contributed by atoms with Crippen LogP contribution in [0.15, 0.2) is 115 Å². The first kappa shape index (κ1) is 45.8. The van der Waals surface area contributed by atoms with E-state index < -0.39 is 119 Å². The zero-order chi connectivity index (χ0) is 46.6. The zero-order valence-corrected chi connectivity index (χ0v) is 37.1. The fourth-order valence-corrected chi connectivity index (χ4v) is 11.2. The molecule has 3 aromatic rings. The molecule has 344 valence electrons. The van der Waals surface area contributed by atoms with E-state index in [-0.39, 0.29) is 24.2 Å². The number of ether oxygens (including phenoxy) is 7. The Morgan fingerprint density at radius 2 is 1.45 bits per heavy atom. The number of fused-ring (bicyclic) bond motifs is 4. The maximum atomic E-state index is 14.5. The summed E-state index contributed by atoms with van der Waals surface area (Å²) in [6, 6.07) is 23.6. The first-order valence-electron chi connectivity index (χ1n) is 21.8. The first-order chi connectivity index (χ1) is 30.9. The van der Waals surface area contributed by atoms with Gasteiger partial charge in [-0.2, -0.15) is 0 Å². The Morgan fingerprint density at radius 1 is 0.831 bits per heavy atom. The Balaban J connectivity index is 1.30. The monoisotopic (exact) mass is 893 g/mol. The second-order valence-electron chi connectivity index (χ2n) is 18.4. The van der Waals surface area contributed by atoms with Gasteiger partial charge in [-0.1, -0.05) is 94.1 Å². The van der Waals surface area contributed by atoms with E-state index in [1.807, 2.05) is 6.92 Å². The molecule has 0 radical (unpaired) electrons. The third kappa shape index (κ3) is 7.66. The Labute approximate surface area is 377 Å². The minimum atomic E-state index is -2.25. The van der Waals surface area contributed by atoms with E-state index in [0.29, 0.717) is 16.7 Å². The predicted molar refractivity (Wildman–Crippen MR) is 230 cm³/mol. The van der Waals surface area contributed by atoms with E-state index in [4.69, 9.17) is 33.2 Å². The lowest BCUT2D eigenvalue weighted by Gasteiger charge is -2.71. The summed E-state index contributed by atoms with van der Waals surface area (Å²) in [5.41, 5.74) is -5.17. The van der Waals surface area contributed by atoms with Gasteiger partial charge in [0.25, 0.3) is 5.91 Å². The van der Waals surface area contributed by atoms with Crippen molar-refractivity contribution in [3.63, 3.8) is 0 Å². The lowest BCUT2D eigenvalue weighted by Crippen LogP contribution is -2.83. The molecule has 13 atom stereocenters. The van der Waals surface area contributed by atoms with Crippen molar-refractivity contribution in [2.75, 3.05) is 6.61 Å². The van der Waals surface area contributed by atoms with Crippen LogP contribution in [0.2, 0.25) is 0 Å². The van der Waals surface area contributed by atoms with Gasteiger partial charge in [-0.3, -0.25) is 14.4 Å². The summed E-state index contributed by atoms with van der Waals surface area (Å²) in [4.78, 5) is 69.2. The number of benzene rings is 3. The van der Waals surface area contributed by atoms with Crippen molar-refractivity contribution in [3.05, 3.63) is 131 Å². The highest BCUT2D eigenvalue weighted by molar-refractivity contribution is 5.95. The normalized spacial score (nSPS) is 34.0. The van der Waals surface area contributed by atoms with Crippen molar-refractivity contribution in [2.45, 2.75) is 121 Å². The van der Waals surface area contributed by atoms with Gasteiger partial charge < -0.3 is 48.7 Å². The van der Waals surface area contributed by atoms with E-state index in [1.54, 1.807) is 112 Å². The highest BCUT2D eigenvalue weighted by Gasteiger charge is 2.79. The molecular weight excluding hydrogens is 839 g/mol. The molecule has 2 heterocycles. The third-order valence-corrected chi connectivity index (χ3v) is 14.4. The Hall–Kier alpha value is -5.71. The summed E-state index contributed by atoms with van der Waals surface area (Å²) in [6.07, 6.45) is -8.88. The highest BCUT2D eigenvalue weighted by Crippen LogP contribution is 2.67. The Morgan fingerprint density at radius 3 is 2.02 bits per heavy atom. The molecular formula is C50H55NO14. The third-order valence-electron chi connectivity index (χ3n) is 14.4. The number of carbonyl (C=O) groups is 5. The van der Waals surface area contributed by atoms with Crippen molar-refractivity contribution in [1.82, 2.24) is 5.32 Å². The molecule has 2 saturated heterocycles. The van der Waals surface area contributed by atoms with Crippen LogP contribution in [0.25, 0.3) is 0 Å². The maximum absolute atomic E-state index is 14.5. The summed E-state index contributed by atoms with van der Waals surface area (Å²) in [7, 11) is 0. The summed E-state index contributed by atoms with van der Waals surface area (Å²) in [5.74, 6) is -5.08. The molecule has 2 bridgehead atoms. The molecule has 15 nitrogen and oxygen atoms in total. The fraction of sp³-hybridized carbons (Fsp3) is 0.460. The number of aliphatic hydroxyl groups excluding tert-OH is 1. The summed E-state index contributed by atoms with van der Waals surface area (Å²) in [6.45, 7) is 13.2. The average molecular weight is 894 g/mol. The van der Waals surface area contributed by atoms with Crippen molar-refractivity contribution in [3.8, 4) is 0 Å². The lowest BCUT2D eigenvalue weighted by atomic mass is 9.44. The van der Waals surface area contributed by atoms with Gasteiger partial charge in [-0.05, 0) is 54.0 Å². The van der Waals surface area contributed by atoms with Crippen molar-refractivity contribution >= 4 is 29.8 Å². The maximum Gasteiger partial charge on any atom is 0.338 e. The van der Waals surface area contributed by atoms with Crippen LogP contribution in [0.5, 0.6) is 0 Å². The number of esters is 4. The van der Waals surface area contributed by atoms with Gasteiger partial charge in [0, 0.05) is 43.1 Å². The quantitative estimate of drug-likeness (QED) is 0.130. The van der Waals surface area contributed by atoms with Crippen molar-refractivity contribution in [2.24, 2.45) is 16.7 Å². The molecule has 3 aliphatic carbocycles. The van der Waals surface area contributed by atoms with Crippen molar-refractivity contribution < 1.29 is 67.3 Å². The molecule has 1 unspecified atom stereocenters. The minimum Gasteiger partial charge on any atom is -0.456 e. The van der Waals surface area contributed by atoms with Gasteiger partial charge in [0.15, 0.2) is 24.1 Å². The smallest absolute Gasteiger partial charge is 0.338 e. The van der Waals surface area contributed by atoms with Gasteiger partial charge in [-0.15, -0.1) is 0 Å². The van der Waals surface area contributed by atoms with Crippen LogP contribution in [0.4, 0.5) is 0 Å². The highest BCUT2D eigenvalue weighted by atomic mass is 16.7. The van der Waals surface area contributed by atoms with E-state index in [2.05, 4.69) is 11.9 Å². The van der Waals surface area contributed by atoms with Gasteiger partial charge in [-0.25, -0.2) is 9.59 Å². The predicted octanol–water partition coefficient (Wildman–Crippen LogP) is 5.10. The number of amides is 1. The standard InChI is InChI=1S/C50H55NO14/c1-8-36-62-34-24-35-49(26-59-35,65-29(4)53)41-43(64-45(56)32-22-16-11-17-23-32)50(58)25-33(27(2)37(47(50,5)6)40(60-28(3)52)42(63-36)48(34,41)7)61-46(57)39(54)38(30-18-12-9-13-19-30)51-44(55)31-20-14-10-15-21-31/h8-23,33-36,38-43,54,58H,1,24-26H2,2-7H3,(H,51,55)/t33-,34-,35+,36?,38-,39+,40-,41-,42-,43-,48+,49-,50+/m0/s1. The van der Waals surface area contributed by atoms with Crippen LogP contribution in [-0.2, 0) is 47.5 Å². The van der Waals surface area contributed by atoms with E-state index in [1.165, 1.54) is 19.9 Å². The van der Waals surface area contributed by atoms with Crippen LogP contribution >= 0.6 is 0 Å². The SMILES string of the molecule is C=CC1O[C@H]2C[C@H]3OC[C@@]3(OC(C)=O)[C@H]3[C@H](OC(=O)c4ccccc4)[C@]4(O)C[C@H](OC(=O)[C@H](O)[C@@H](NC(=O)c5ccccc5)c5ccccc5)C(C)=C([C@H](OC(C)=O)[C@H](O1)[C@]23C)C4(C)C. The molecule has 4 fully saturated rings. The molecule has 2 aliphatic heterocycles. The Bertz CT molecular complexity index is 2370. The topological polar surface area (TPSA) is 202 Å². The van der Waals surface area contributed by atoms with E-state index >= 15 is 0 Å². The molecule has 3 aromatic carbocycles. The molecule has 3 N–H and O–H groups in total. The summed E-state index contributed by atoms with van der Waals surface area (Å²) >= 11 is 0. The van der Waals surface area contributed by atoms with Crippen LogP contribution in [0, 0.1) is 16.7 Å². The molecule has 0 aromatic heterocycles. The second kappa shape index (κ2) is 17.3. The van der Waals surface area contributed by atoms with Crippen LogP contribution in [-0.4, -0.2) is 107 Å². The molecule has 8 rings (SSSR count). The lowest BCUT2D eigenvalue weighted by molar-refractivity contribution is -0.405. The first-order valence-corrected chi connectivity index (χ1v) is 21.8. The van der Waals surface area contributed by atoms with E-state index in [0.717, 1.165) is 0 Å². The molecule has 65 heavy (non-hydrogen) atoms. The minimum absolute atomic E-state index is 0.155. The second-order valence-corrected chi connectivity index (χ2v) is 18.4. The van der Waals surface area contributed by atoms with Crippen LogP contribution in [0.3, 0.4) is 0 Å². The van der Waals surface area contributed by atoms with Gasteiger partial charge >= 0.3 is 23.9 Å². The molecule has 1 amide bonds. The van der Waals surface area contributed by atoms with Gasteiger partial charge in [0.05, 0.1) is 30.2 Å². The zero-order valence-electron chi connectivity index (χ0n) is 37.1.